The Balaban J connectivity index is 2.01. The molecule has 0 aliphatic heterocycles. The van der Waals surface area contributed by atoms with Gasteiger partial charge in [0.15, 0.2) is 0 Å². The minimum atomic E-state index is -0.322. The SMILES string of the molecule is COc1ccc(CC(=O)Nc2sccc2C(=N)NC(C)=O)cc1. The summed E-state index contributed by atoms with van der Waals surface area (Å²) in [6, 6.07) is 8.93. The smallest absolute Gasteiger partial charge is 0.229 e. The van der Waals surface area contributed by atoms with Crippen LogP contribution in [-0.4, -0.2) is 24.8 Å². The molecule has 0 aliphatic rings. The maximum absolute atomic E-state index is 12.1. The molecule has 2 amide bonds. The summed E-state index contributed by atoms with van der Waals surface area (Å²) in [5.41, 5.74) is 1.35. The van der Waals surface area contributed by atoms with Gasteiger partial charge < -0.3 is 15.4 Å². The molecule has 0 unspecified atom stereocenters. The number of methoxy groups -OCH3 is 1. The first-order valence-electron chi connectivity index (χ1n) is 6.86. The van der Waals surface area contributed by atoms with Crippen molar-refractivity contribution >= 4 is 34.0 Å². The van der Waals surface area contributed by atoms with Gasteiger partial charge >= 0.3 is 0 Å². The third-order valence-electron chi connectivity index (χ3n) is 3.01. The lowest BCUT2D eigenvalue weighted by Gasteiger charge is -2.08. The van der Waals surface area contributed by atoms with Crippen LogP contribution in [-0.2, 0) is 16.0 Å². The Labute approximate surface area is 138 Å². The number of rotatable bonds is 5. The van der Waals surface area contributed by atoms with E-state index in [-0.39, 0.29) is 24.1 Å². The van der Waals surface area contributed by atoms with Gasteiger partial charge in [0.1, 0.15) is 16.6 Å². The van der Waals surface area contributed by atoms with Gasteiger partial charge in [-0.05, 0) is 29.1 Å². The second-order valence-electron chi connectivity index (χ2n) is 4.79. The first kappa shape index (κ1) is 16.7. The number of ether oxygens (including phenoxy) is 1. The normalized spacial score (nSPS) is 10.0. The van der Waals surface area contributed by atoms with Gasteiger partial charge in [0.25, 0.3) is 0 Å². The minimum Gasteiger partial charge on any atom is -0.497 e. The molecule has 0 spiro atoms. The maximum Gasteiger partial charge on any atom is 0.229 e. The summed E-state index contributed by atoms with van der Waals surface area (Å²) in [6.07, 6.45) is 0.217. The number of hydrogen-bond donors (Lipinski definition) is 3. The van der Waals surface area contributed by atoms with Crippen molar-refractivity contribution in [2.24, 2.45) is 0 Å². The molecule has 0 saturated heterocycles. The Morgan fingerprint density at radius 2 is 1.91 bits per heavy atom. The van der Waals surface area contributed by atoms with Crippen LogP contribution in [0.2, 0.25) is 0 Å². The zero-order valence-electron chi connectivity index (χ0n) is 12.8. The molecule has 1 aromatic carbocycles. The van der Waals surface area contributed by atoms with Crippen molar-refractivity contribution in [1.82, 2.24) is 5.32 Å². The molecule has 3 N–H and O–H groups in total. The number of anilines is 1. The standard InChI is InChI=1S/C16H17N3O3S/c1-10(20)18-15(17)13-7-8-23-16(13)19-14(21)9-11-3-5-12(22-2)6-4-11/h3-8H,9H2,1-2H3,(H,19,21)(H2,17,18,20). The summed E-state index contributed by atoms with van der Waals surface area (Å²) < 4.78 is 5.08. The van der Waals surface area contributed by atoms with E-state index in [1.165, 1.54) is 18.3 Å². The highest BCUT2D eigenvalue weighted by atomic mass is 32.1. The number of amides is 2. The third kappa shape index (κ3) is 4.65. The Bertz CT molecular complexity index is 722. The van der Waals surface area contributed by atoms with Crippen LogP contribution < -0.4 is 15.4 Å². The van der Waals surface area contributed by atoms with E-state index in [2.05, 4.69) is 10.6 Å². The van der Waals surface area contributed by atoms with Gasteiger partial charge in [-0.1, -0.05) is 12.1 Å². The molecule has 2 aromatic rings. The summed E-state index contributed by atoms with van der Waals surface area (Å²) in [6.45, 7) is 1.34. The molecule has 0 aliphatic carbocycles. The van der Waals surface area contributed by atoms with Gasteiger partial charge in [-0.2, -0.15) is 0 Å². The molecule has 1 heterocycles. The molecule has 1 aromatic heterocycles. The van der Waals surface area contributed by atoms with E-state index in [0.29, 0.717) is 10.6 Å². The summed E-state index contributed by atoms with van der Waals surface area (Å²) in [5, 5.41) is 15.3. The molecular weight excluding hydrogens is 314 g/mol. The summed E-state index contributed by atoms with van der Waals surface area (Å²) in [5.74, 6) is 0.197. The van der Waals surface area contributed by atoms with Crippen molar-refractivity contribution in [2.45, 2.75) is 13.3 Å². The van der Waals surface area contributed by atoms with Crippen molar-refractivity contribution in [1.29, 1.82) is 5.41 Å². The number of carbonyl (C=O) groups is 2. The van der Waals surface area contributed by atoms with Crippen LogP contribution in [0.4, 0.5) is 5.00 Å². The molecule has 0 bridgehead atoms. The van der Waals surface area contributed by atoms with E-state index in [1.807, 2.05) is 12.1 Å². The second kappa shape index (κ2) is 7.55. The van der Waals surface area contributed by atoms with Crippen molar-refractivity contribution < 1.29 is 14.3 Å². The minimum absolute atomic E-state index is 0.0292. The molecule has 0 saturated carbocycles. The predicted molar refractivity (Wildman–Crippen MR) is 90.3 cm³/mol. The van der Waals surface area contributed by atoms with Crippen molar-refractivity contribution in [3.05, 3.63) is 46.8 Å². The van der Waals surface area contributed by atoms with Crippen molar-refractivity contribution in [3.63, 3.8) is 0 Å². The largest absolute Gasteiger partial charge is 0.497 e. The molecule has 7 heteroatoms. The van der Waals surface area contributed by atoms with Gasteiger partial charge in [0.2, 0.25) is 11.8 Å². The highest BCUT2D eigenvalue weighted by molar-refractivity contribution is 7.14. The van der Waals surface area contributed by atoms with E-state index in [9.17, 15) is 9.59 Å². The van der Waals surface area contributed by atoms with E-state index < -0.39 is 0 Å². The quantitative estimate of drug-likeness (QED) is 0.580. The Morgan fingerprint density at radius 3 is 2.52 bits per heavy atom. The topological polar surface area (TPSA) is 91.3 Å². The van der Waals surface area contributed by atoms with Gasteiger partial charge in [0, 0.05) is 6.92 Å². The Kier molecular flexibility index (Phi) is 5.48. The molecule has 0 radical (unpaired) electrons. The third-order valence-corrected chi connectivity index (χ3v) is 3.84. The number of hydrogen-bond acceptors (Lipinski definition) is 5. The van der Waals surface area contributed by atoms with Crippen LogP contribution in [0.15, 0.2) is 35.7 Å². The van der Waals surface area contributed by atoms with E-state index in [1.54, 1.807) is 30.7 Å². The number of amidine groups is 1. The first-order valence-corrected chi connectivity index (χ1v) is 7.74. The monoisotopic (exact) mass is 331 g/mol. The van der Waals surface area contributed by atoms with Crippen LogP contribution in [0.1, 0.15) is 18.1 Å². The van der Waals surface area contributed by atoms with Gasteiger partial charge in [-0.15, -0.1) is 11.3 Å². The fourth-order valence-electron chi connectivity index (χ4n) is 1.95. The molecular formula is C16H17N3O3S. The number of thiophene rings is 1. The molecule has 0 fully saturated rings. The Morgan fingerprint density at radius 1 is 1.22 bits per heavy atom. The average Bonchev–Trinajstić information content (AvgIpc) is 2.95. The van der Waals surface area contributed by atoms with Crippen LogP contribution in [0.5, 0.6) is 5.75 Å². The second-order valence-corrected chi connectivity index (χ2v) is 5.71. The van der Waals surface area contributed by atoms with Crippen LogP contribution >= 0.6 is 11.3 Å². The lowest BCUT2D eigenvalue weighted by Crippen LogP contribution is -2.28. The fourth-order valence-corrected chi connectivity index (χ4v) is 2.76. The summed E-state index contributed by atoms with van der Waals surface area (Å²) in [7, 11) is 1.59. The van der Waals surface area contributed by atoms with Crippen LogP contribution in [0.3, 0.4) is 0 Å². The van der Waals surface area contributed by atoms with Gasteiger partial charge in [-0.25, -0.2) is 0 Å². The van der Waals surface area contributed by atoms with E-state index in [0.717, 1.165) is 11.3 Å². The highest BCUT2D eigenvalue weighted by Gasteiger charge is 2.13. The fraction of sp³-hybridized carbons (Fsp3) is 0.188. The summed E-state index contributed by atoms with van der Waals surface area (Å²) >= 11 is 1.31. The molecule has 0 atom stereocenters. The van der Waals surface area contributed by atoms with Gasteiger partial charge in [0.05, 0.1) is 19.1 Å². The molecule has 23 heavy (non-hydrogen) atoms. The maximum atomic E-state index is 12.1. The van der Waals surface area contributed by atoms with E-state index >= 15 is 0 Å². The van der Waals surface area contributed by atoms with Crippen molar-refractivity contribution in [3.8, 4) is 5.75 Å². The summed E-state index contributed by atoms with van der Waals surface area (Å²) in [4.78, 5) is 23.2. The first-order chi connectivity index (χ1) is 11.0. The van der Waals surface area contributed by atoms with E-state index in [4.69, 9.17) is 10.1 Å². The average molecular weight is 331 g/mol. The number of carbonyl (C=O) groups excluding carboxylic acids is 2. The zero-order chi connectivity index (χ0) is 16.8. The Hall–Kier alpha value is -2.67. The van der Waals surface area contributed by atoms with Crippen LogP contribution in [0.25, 0.3) is 0 Å². The van der Waals surface area contributed by atoms with Crippen LogP contribution in [0, 0.1) is 5.41 Å². The molecule has 6 nitrogen and oxygen atoms in total. The zero-order valence-corrected chi connectivity index (χ0v) is 13.6. The highest BCUT2D eigenvalue weighted by Crippen LogP contribution is 2.23. The van der Waals surface area contributed by atoms with Crippen molar-refractivity contribution in [2.75, 3.05) is 12.4 Å². The molecule has 2 rings (SSSR count). The number of benzene rings is 1. The predicted octanol–water partition coefficient (Wildman–Crippen LogP) is 2.40. The molecule has 120 valence electrons. The lowest BCUT2D eigenvalue weighted by atomic mass is 10.1. The lowest BCUT2D eigenvalue weighted by molar-refractivity contribution is -0.117. The van der Waals surface area contributed by atoms with Gasteiger partial charge in [-0.3, -0.25) is 15.0 Å². The number of nitrogens with one attached hydrogen (secondary N) is 3.